The highest BCUT2D eigenvalue weighted by atomic mass is 127. The minimum Gasteiger partial charge on any atom is -0.444 e. The van der Waals surface area contributed by atoms with Gasteiger partial charge in [-0.25, -0.2) is 4.79 Å². The van der Waals surface area contributed by atoms with Crippen molar-refractivity contribution in [2.45, 2.75) is 72.5 Å². The van der Waals surface area contributed by atoms with Crippen molar-refractivity contribution in [3.63, 3.8) is 0 Å². The molecule has 0 aliphatic carbocycles. The van der Waals surface area contributed by atoms with Crippen molar-refractivity contribution >= 4 is 36.0 Å². The molecule has 1 aliphatic heterocycles. The van der Waals surface area contributed by atoms with E-state index in [4.69, 9.17) is 9.47 Å². The van der Waals surface area contributed by atoms with Gasteiger partial charge in [0.05, 0.1) is 6.10 Å². The lowest BCUT2D eigenvalue weighted by molar-refractivity contribution is 0.0185. The van der Waals surface area contributed by atoms with E-state index in [0.717, 1.165) is 58.0 Å². The monoisotopic (exact) mass is 526 g/mol. The second-order valence-electron chi connectivity index (χ2n) is 8.82. The largest absolute Gasteiger partial charge is 0.444 e. The standard InChI is InChI=1S/C21H42N4O3.HI/c1-8-27-18(16(2)3)9-12-23-19(22-7)24-15-17-10-13-25(14-11-17)20(26)28-21(4,5)6;/h16-18H,8-15H2,1-7H3,(H2,22,23,24);1H. The lowest BCUT2D eigenvalue weighted by atomic mass is 9.97. The predicted molar refractivity (Wildman–Crippen MR) is 130 cm³/mol. The van der Waals surface area contributed by atoms with E-state index < -0.39 is 5.60 Å². The van der Waals surface area contributed by atoms with Gasteiger partial charge in [0.15, 0.2) is 5.96 Å². The molecule has 0 aromatic rings. The van der Waals surface area contributed by atoms with E-state index in [9.17, 15) is 4.79 Å². The zero-order valence-electron chi connectivity index (χ0n) is 19.4. The fraction of sp³-hybridized carbons (Fsp3) is 0.905. The Morgan fingerprint density at radius 3 is 2.31 bits per heavy atom. The number of nitrogens with one attached hydrogen (secondary N) is 2. The zero-order valence-corrected chi connectivity index (χ0v) is 21.7. The van der Waals surface area contributed by atoms with E-state index in [1.807, 2.05) is 32.6 Å². The summed E-state index contributed by atoms with van der Waals surface area (Å²) in [6.07, 6.45) is 2.98. The van der Waals surface area contributed by atoms with Crippen molar-refractivity contribution in [1.82, 2.24) is 15.5 Å². The number of likely N-dealkylation sites (tertiary alicyclic amines) is 1. The second kappa shape index (κ2) is 14.3. The number of ether oxygens (including phenoxy) is 2. The molecule has 1 aliphatic rings. The summed E-state index contributed by atoms with van der Waals surface area (Å²) in [5.41, 5.74) is -0.440. The maximum atomic E-state index is 12.1. The van der Waals surface area contributed by atoms with Crippen molar-refractivity contribution < 1.29 is 14.3 Å². The molecule has 0 saturated carbocycles. The van der Waals surface area contributed by atoms with Gasteiger partial charge in [-0.15, -0.1) is 24.0 Å². The van der Waals surface area contributed by atoms with Gasteiger partial charge in [-0.1, -0.05) is 13.8 Å². The third-order valence-corrected chi connectivity index (χ3v) is 4.89. The van der Waals surface area contributed by atoms with Gasteiger partial charge in [-0.2, -0.15) is 0 Å². The van der Waals surface area contributed by atoms with Gasteiger partial charge in [0.25, 0.3) is 0 Å². The lowest BCUT2D eigenvalue weighted by Gasteiger charge is -2.33. The van der Waals surface area contributed by atoms with E-state index in [0.29, 0.717) is 11.8 Å². The van der Waals surface area contributed by atoms with Gasteiger partial charge < -0.3 is 25.0 Å². The maximum absolute atomic E-state index is 12.1. The summed E-state index contributed by atoms with van der Waals surface area (Å²) in [5, 5.41) is 6.80. The van der Waals surface area contributed by atoms with Crippen LogP contribution in [-0.4, -0.2) is 68.5 Å². The number of guanidine groups is 1. The van der Waals surface area contributed by atoms with Crippen LogP contribution in [0.3, 0.4) is 0 Å². The van der Waals surface area contributed by atoms with Crippen LogP contribution in [-0.2, 0) is 9.47 Å². The summed E-state index contributed by atoms with van der Waals surface area (Å²) in [6, 6.07) is 0. The Hall–Kier alpha value is -0.770. The number of carbonyl (C=O) groups excluding carboxylic acids is 1. The van der Waals surface area contributed by atoms with Crippen LogP contribution >= 0.6 is 24.0 Å². The van der Waals surface area contributed by atoms with Crippen molar-refractivity contribution in [2.75, 3.05) is 39.8 Å². The normalized spacial score (nSPS) is 17.0. The highest BCUT2D eigenvalue weighted by Gasteiger charge is 2.26. The van der Waals surface area contributed by atoms with E-state index in [-0.39, 0.29) is 36.2 Å². The molecule has 0 spiro atoms. The molecule has 1 atom stereocenters. The molecule has 0 bridgehead atoms. The summed E-state index contributed by atoms with van der Waals surface area (Å²) in [4.78, 5) is 18.3. The topological polar surface area (TPSA) is 75.2 Å². The van der Waals surface area contributed by atoms with Gasteiger partial charge in [0.1, 0.15) is 5.60 Å². The molecule has 1 unspecified atom stereocenters. The van der Waals surface area contributed by atoms with Crippen molar-refractivity contribution in [3.05, 3.63) is 0 Å². The van der Waals surface area contributed by atoms with Crippen molar-refractivity contribution in [2.24, 2.45) is 16.8 Å². The molecule has 2 N–H and O–H groups in total. The Morgan fingerprint density at radius 1 is 1.21 bits per heavy atom. The molecule has 0 aromatic carbocycles. The number of amides is 1. The third-order valence-electron chi connectivity index (χ3n) is 4.89. The van der Waals surface area contributed by atoms with E-state index in [2.05, 4.69) is 29.5 Å². The van der Waals surface area contributed by atoms with Crippen LogP contribution in [0, 0.1) is 11.8 Å². The smallest absolute Gasteiger partial charge is 0.410 e. The van der Waals surface area contributed by atoms with E-state index >= 15 is 0 Å². The fourth-order valence-electron chi connectivity index (χ4n) is 3.26. The number of aliphatic imine (C=N–C) groups is 1. The molecule has 29 heavy (non-hydrogen) atoms. The summed E-state index contributed by atoms with van der Waals surface area (Å²) in [7, 11) is 1.79. The van der Waals surface area contributed by atoms with Gasteiger partial charge in [-0.3, -0.25) is 4.99 Å². The zero-order chi connectivity index (χ0) is 21.2. The lowest BCUT2D eigenvalue weighted by Crippen LogP contribution is -2.45. The first-order chi connectivity index (χ1) is 13.2. The number of piperidine rings is 1. The van der Waals surface area contributed by atoms with Crippen LogP contribution in [0.1, 0.15) is 60.8 Å². The molecule has 1 heterocycles. The SMILES string of the molecule is CCOC(CCNC(=NC)NCC1CCN(C(=O)OC(C)(C)C)CC1)C(C)C.I. The Bertz CT molecular complexity index is 487. The molecule has 0 radical (unpaired) electrons. The maximum Gasteiger partial charge on any atom is 0.410 e. The molecule has 0 aromatic heterocycles. The quantitative estimate of drug-likeness (QED) is 0.286. The number of nitrogens with zero attached hydrogens (tertiary/aromatic N) is 2. The minimum absolute atomic E-state index is 0. The fourth-order valence-corrected chi connectivity index (χ4v) is 3.26. The van der Waals surface area contributed by atoms with Gasteiger partial charge >= 0.3 is 6.09 Å². The molecule has 8 heteroatoms. The average Bonchev–Trinajstić information content (AvgIpc) is 2.62. The van der Waals surface area contributed by atoms with Crippen molar-refractivity contribution in [3.8, 4) is 0 Å². The molecule has 1 rings (SSSR count). The summed E-state index contributed by atoms with van der Waals surface area (Å²) >= 11 is 0. The Balaban J connectivity index is 0.00000784. The molecule has 1 saturated heterocycles. The third kappa shape index (κ3) is 11.9. The summed E-state index contributed by atoms with van der Waals surface area (Å²) in [6.45, 7) is 16.1. The van der Waals surface area contributed by atoms with Crippen LogP contribution in [0.5, 0.6) is 0 Å². The first-order valence-electron chi connectivity index (χ1n) is 10.7. The first kappa shape index (κ1) is 28.2. The number of hydrogen-bond acceptors (Lipinski definition) is 4. The molecule has 1 fully saturated rings. The average molecular weight is 527 g/mol. The Kier molecular flexibility index (Phi) is 13.9. The van der Waals surface area contributed by atoms with Crippen LogP contribution < -0.4 is 10.6 Å². The van der Waals surface area contributed by atoms with Crippen LogP contribution in [0.25, 0.3) is 0 Å². The van der Waals surface area contributed by atoms with Crippen LogP contribution in [0.4, 0.5) is 4.79 Å². The Labute approximate surface area is 194 Å². The number of carbonyl (C=O) groups is 1. The summed E-state index contributed by atoms with van der Waals surface area (Å²) < 4.78 is 11.2. The highest BCUT2D eigenvalue weighted by Crippen LogP contribution is 2.19. The van der Waals surface area contributed by atoms with Gasteiger partial charge in [0.2, 0.25) is 0 Å². The second-order valence-corrected chi connectivity index (χ2v) is 8.82. The van der Waals surface area contributed by atoms with Crippen LogP contribution in [0.15, 0.2) is 4.99 Å². The summed E-state index contributed by atoms with van der Waals surface area (Å²) in [5.74, 6) is 1.87. The minimum atomic E-state index is -0.440. The molecular weight excluding hydrogens is 483 g/mol. The highest BCUT2D eigenvalue weighted by molar-refractivity contribution is 14.0. The molecule has 1 amide bonds. The number of hydrogen-bond donors (Lipinski definition) is 2. The Morgan fingerprint density at radius 2 is 1.83 bits per heavy atom. The number of rotatable bonds is 8. The number of halogens is 1. The molecule has 172 valence electrons. The molecular formula is C21H43IN4O3. The van der Waals surface area contributed by atoms with E-state index in [1.54, 1.807) is 7.05 Å². The van der Waals surface area contributed by atoms with Gasteiger partial charge in [0, 0.05) is 39.8 Å². The predicted octanol–water partition coefficient (Wildman–Crippen LogP) is 3.87. The van der Waals surface area contributed by atoms with Crippen molar-refractivity contribution in [1.29, 1.82) is 0 Å². The van der Waals surface area contributed by atoms with Crippen LogP contribution in [0.2, 0.25) is 0 Å². The first-order valence-corrected chi connectivity index (χ1v) is 10.7. The molecule has 7 nitrogen and oxygen atoms in total. The van der Waals surface area contributed by atoms with Gasteiger partial charge in [-0.05, 0) is 58.8 Å². The van der Waals surface area contributed by atoms with E-state index in [1.165, 1.54) is 0 Å².